The predicted octanol–water partition coefficient (Wildman–Crippen LogP) is 1.01. The Bertz CT molecular complexity index is 439. The SMILES string of the molecule is Cc1cccc(N2CCN(C(=O)NN)CC2)c1C. The zero-order valence-corrected chi connectivity index (χ0v) is 10.9. The number of hydrogen-bond donors (Lipinski definition) is 2. The van der Waals surface area contributed by atoms with Crippen LogP contribution in [0.15, 0.2) is 18.2 Å². The molecule has 0 saturated carbocycles. The van der Waals surface area contributed by atoms with Crippen molar-refractivity contribution in [3.63, 3.8) is 0 Å². The van der Waals surface area contributed by atoms with E-state index in [9.17, 15) is 4.79 Å². The van der Waals surface area contributed by atoms with Gasteiger partial charge in [0.25, 0.3) is 0 Å². The van der Waals surface area contributed by atoms with E-state index in [1.54, 1.807) is 4.90 Å². The molecule has 0 unspecified atom stereocenters. The summed E-state index contributed by atoms with van der Waals surface area (Å²) in [6.45, 7) is 7.36. The monoisotopic (exact) mass is 248 g/mol. The maximum Gasteiger partial charge on any atom is 0.331 e. The summed E-state index contributed by atoms with van der Waals surface area (Å²) in [5, 5.41) is 0. The number of benzene rings is 1. The van der Waals surface area contributed by atoms with Crippen molar-refractivity contribution in [1.82, 2.24) is 10.3 Å². The largest absolute Gasteiger partial charge is 0.368 e. The Balaban J connectivity index is 2.06. The Morgan fingerprint density at radius 3 is 2.50 bits per heavy atom. The van der Waals surface area contributed by atoms with Gasteiger partial charge in [-0.15, -0.1) is 0 Å². The zero-order chi connectivity index (χ0) is 13.1. The van der Waals surface area contributed by atoms with Crippen molar-refractivity contribution in [2.75, 3.05) is 31.1 Å². The topological polar surface area (TPSA) is 61.6 Å². The molecule has 0 aliphatic carbocycles. The van der Waals surface area contributed by atoms with Crippen molar-refractivity contribution in [1.29, 1.82) is 0 Å². The predicted molar refractivity (Wildman–Crippen MR) is 72.4 cm³/mol. The molecular formula is C13H20N4O. The molecule has 1 aromatic rings. The Kier molecular flexibility index (Phi) is 3.72. The van der Waals surface area contributed by atoms with Gasteiger partial charge in [0, 0.05) is 31.9 Å². The normalized spacial score (nSPS) is 15.7. The van der Waals surface area contributed by atoms with E-state index in [-0.39, 0.29) is 6.03 Å². The van der Waals surface area contributed by atoms with Crippen LogP contribution in [-0.2, 0) is 0 Å². The number of hydrazine groups is 1. The lowest BCUT2D eigenvalue weighted by Crippen LogP contribution is -2.53. The number of carbonyl (C=O) groups excluding carboxylic acids is 1. The minimum absolute atomic E-state index is 0.199. The molecule has 3 N–H and O–H groups in total. The molecule has 1 fully saturated rings. The maximum absolute atomic E-state index is 11.4. The molecule has 1 saturated heterocycles. The van der Waals surface area contributed by atoms with Crippen LogP contribution in [0.1, 0.15) is 11.1 Å². The van der Waals surface area contributed by atoms with Gasteiger partial charge in [0.1, 0.15) is 0 Å². The van der Waals surface area contributed by atoms with Crippen molar-refractivity contribution in [3.8, 4) is 0 Å². The summed E-state index contributed by atoms with van der Waals surface area (Å²) < 4.78 is 0. The van der Waals surface area contributed by atoms with Gasteiger partial charge in [-0.1, -0.05) is 12.1 Å². The number of nitrogens with zero attached hydrogens (tertiary/aromatic N) is 2. The highest BCUT2D eigenvalue weighted by Gasteiger charge is 2.21. The summed E-state index contributed by atoms with van der Waals surface area (Å²) in [7, 11) is 0. The van der Waals surface area contributed by atoms with Gasteiger partial charge >= 0.3 is 6.03 Å². The van der Waals surface area contributed by atoms with Gasteiger partial charge in [0.15, 0.2) is 0 Å². The number of aryl methyl sites for hydroxylation is 1. The number of carbonyl (C=O) groups is 1. The lowest BCUT2D eigenvalue weighted by Gasteiger charge is -2.36. The third-order valence-electron chi connectivity index (χ3n) is 3.61. The van der Waals surface area contributed by atoms with E-state index < -0.39 is 0 Å². The zero-order valence-electron chi connectivity index (χ0n) is 10.9. The molecule has 2 rings (SSSR count). The van der Waals surface area contributed by atoms with Crippen molar-refractivity contribution in [2.24, 2.45) is 5.84 Å². The standard InChI is InChI=1S/C13H20N4O/c1-10-4-3-5-12(11(10)2)16-6-8-17(9-7-16)13(18)15-14/h3-5H,6-9,14H2,1-2H3,(H,15,18). The minimum Gasteiger partial charge on any atom is -0.368 e. The Morgan fingerprint density at radius 1 is 1.22 bits per heavy atom. The van der Waals surface area contributed by atoms with E-state index in [4.69, 9.17) is 5.84 Å². The maximum atomic E-state index is 11.4. The average molecular weight is 248 g/mol. The first kappa shape index (κ1) is 12.7. The van der Waals surface area contributed by atoms with Gasteiger partial charge in [0.05, 0.1) is 0 Å². The fourth-order valence-electron chi connectivity index (χ4n) is 2.32. The van der Waals surface area contributed by atoms with Crippen LogP contribution in [0.3, 0.4) is 0 Å². The molecule has 98 valence electrons. The molecule has 1 aromatic carbocycles. The molecule has 1 aliphatic heterocycles. The quantitative estimate of drug-likeness (QED) is 0.443. The van der Waals surface area contributed by atoms with Crippen molar-refractivity contribution < 1.29 is 4.79 Å². The number of nitrogens with two attached hydrogens (primary N) is 1. The molecule has 0 radical (unpaired) electrons. The first-order chi connectivity index (χ1) is 8.63. The summed E-state index contributed by atoms with van der Waals surface area (Å²) in [5.41, 5.74) is 6.06. The molecule has 0 atom stereocenters. The number of piperazine rings is 1. The average Bonchev–Trinajstić information content (AvgIpc) is 2.41. The van der Waals surface area contributed by atoms with Crippen LogP contribution in [0.2, 0.25) is 0 Å². The van der Waals surface area contributed by atoms with Gasteiger partial charge in [-0.3, -0.25) is 5.43 Å². The van der Waals surface area contributed by atoms with Gasteiger partial charge in [-0.2, -0.15) is 0 Å². The molecule has 2 amide bonds. The molecular weight excluding hydrogens is 228 g/mol. The first-order valence-corrected chi connectivity index (χ1v) is 6.20. The minimum atomic E-state index is -0.199. The summed E-state index contributed by atoms with van der Waals surface area (Å²) in [5.74, 6) is 5.14. The highest BCUT2D eigenvalue weighted by atomic mass is 16.2. The van der Waals surface area contributed by atoms with E-state index in [0.717, 1.165) is 13.1 Å². The van der Waals surface area contributed by atoms with E-state index in [1.165, 1.54) is 16.8 Å². The number of nitrogens with one attached hydrogen (secondary N) is 1. The Morgan fingerprint density at radius 2 is 1.89 bits per heavy atom. The summed E-state index contributed by atoms with van der Waals surface area (Å²) in [6, 6.07) is 6.14. The van der Waals surface area contributed by atoms with Gasteiger partial charge in [0.2, 0.25) is 0 Å². The smallest absolute Gasteiger partial charge is 0.331 e. The van der Waals surface area contributed by atoms with Crippen LogP contribution in [0.5, 0.6) is 0 Å². The number of urea groups is 1. The van der Waals surface area contributed by atoms with Crippen LogP contribution in [0, 0.1) is 13.8 Å². The highest BCUT2D eigenvalue weighted by Crippen LogP contribution is 2.23. The molecule has 0 bridgehead atoms. The second kappa shape index (κ2) is 5.27. The summed E-state index contributed by atoms with van der Waals surface area (Å²) in [4.78, 5) is 15.5. The molecule has 1 heterocycles. The third-order valence-corrected chi connectivity index (χ3v) is 3.61. The second-order valence-electron chi connectivity index (χ2n) is 4.64. The number of hydrogen-bond acceptors (Lipinski definition) is 3. The van der Waals surface area contributed by atoms with Gasteiger partial charge in [-0.25, -0.2) is 10.6 Å². The van der Waals surface area contributed by atoms with E-state index in [1.807, 2.05) is 0 Å². The van der Waals surface area contributed by atoms with Crippen molar-refractivity contribution >= 4 is 11.7 Å². The molecule has 1 aliphatic rings. The fraction of sp³-hybridized carbons (Fsp3) is 0.462. The van der Waals surface area contributed by atoms with E-state index in [2.05, 4.69) is 42.4 Å². The van der Waals surface area contributed by atoms with Crippen LogP contribution in [-0.4, -0.2) is 37.1 Å². The highest BCUT2D eigenvalue weighted by molar-refractivity contribution is 5.73. The van der Waals surface area contributed by atoms with Crippen LogP contribution < -0.4 is 16.2 Å². The summed E-state index contributed by atoms with van der Waals surface area (Å²) in [6.07, 6.45) is 0. The first-order valence-electron chi connectivity index (χ1n) is 6.20. The molecule has 0 aromatic heterocycles. The Hall–Kier alpha value is -1.75. The Labute approximate surface area is 108 Å². The molecule has 18 heavy (non-hydrogen) atoms. The van der Waals surface area contributed by atoms with Crippen LogP contribution >= 0.6 is 0 Å². The second-order valence-corrected chi connectivity index (χ2v) is 4.64. The number of anilines is 1. The van der Waals surface area contributed by atoms with Crippen LogP contribution in [0.25, 0.3) is 0 Å². The number of amides is 2. The van der Waals surface area contributed by atoms with Gasteiger partial charge < -0.3 is 9.80 Å². The fourth-order valence-corrected chi connectivity index (χ4v) is 2.32. The molecule has 5 heteroatoms. The van der Waals surface area contributed by atoms with Gasteiger partial charge in [-0.05, 0) is 31.0 Å². The molecule has 0 spiro atoms. The van der Waals surface area contributed by atoms with E-state index >= 15 is 0 Å². The third kappa shape index (κ3) is 2.41. The lowest BCUT2D eigenvalue weighted by atomic mass is 10.1. The number of rotatable bonds is 1. The van der Waals surface area contributed by atoms with Crippen molar-refractivity contribution in [2.45, 2.75) is 13.8 Å². The van der Waals surface area contributed by atoms with Crippen molar-refractivity contribution in [3.05, 3.63) is 29.3 Å². The van der Waals surface area contributed by atoms with Crippen LogP contribution in [0.4, 0.5) is 10.5 Å². The molecule has 5 nitrogen and oxygen atoms in total. The van der Waals surface area contributed by atoms with E-state index in [0.29, 0.717) is 13.1 Å². The lowest BCUT2D eigenvalue weighted by molar-refractivity contribution is 0.194. The summed E-state index contributed by atoms with van der Waals surface area (Å²) >= 11 is 0.